The number of methoxy groups -OCH3 is 1. The van der Waals surface area contributed by atoms with Gasteiger partial charge in [-0.1, -0.05) is 40.2 Å². The second kappa shape index (κ2) is 10.1. The van der Waals surface area contributed by atoms with Gasteiger partial charge in [-0.3, -0.25) is 10.1 Å². The molecule has 5 aromatic rings. The standard InChI is InChI=1S/C28H22BrN3O3S/c1-16-5-4-6-23(17(16)2)30-27-22(14-19-13-21(34-3)11-12-25(19)35-27)26(33)32-28-31-24(15-36-28)18-7-9-20(29)10-8-18/h4-15H,1-3H3,(H,31,32,33). The summed E-state index contributed by atoms with van der Waals surface area (Å²) in [6.45, 7) is 4.02. The molecule has 0 aliphatic heterocycles. The Kier molecular flexibility index (Phi) is 6.71. The summed E-state index contributed by atoms with van der Waals surface area (Å²) in [4.78, 5) is 22.8. The number of anilines is 1. The monoisotopic (exact) mass is 559 g/mol. The highest BCUT2D eigenvalue weighted by molar-refractivity contribution is 9.10. The van der Waals surface area contributed by atoms with Crippen LogP contribution in [0.4, 0.5) is 10.8 Å². The number of amides is 1. The summed E-state index contributed by atoms with van der Waals surface area (Å²) in [6, 6.07) is 20.9. The van der Waals surface area contributed by atoms with Crippen LogP contribution < -0.4 is 15.6 Å². The molecule has 2 heterocycles. The molecular formula is C28H22BrN3O3S. The third-order valence-corrected chi connectivity index (χ3v) is 7.15. The maximum Gasteiger partial charge on any atom is 0.262 e. The van der Waals surface area contributed by atoms with Crippen LogP contribution in [0.1, 0.15) is 21.5 Å². The van der Waals surface area contributed by atoms with Crippen LogP contribution in [0, 0.1) is 13.8 Å². The van der Waals surface area contributed by atoms with Crippen molar-refractivity contribution in [3.8, 4) is 17.0 Å². The number of benzene rings is 3. The number of halogens is 1. The van der Waals surface area contributed by atoms with Gasteiger partial charge in [0.15, 0.2) is 5.13 Å². The first kappa shape index (κ1) is 24.0. The predicted octanol–water partition coefficient (Wildman–Crippen LogP) is 7.43. The number of aromatic nitrogens is 1. The van der Waals surface area contributed by atoms with Crippen molar-refractivity contribution in [1.82, 2.24) is 4.98 Å². The van der Waals surface area contributed by atoms with Crippen molar-refractivity contribution in [3.63, 3.8) is 0 Å². The Morgan fingerprint density at radius 3 is 2.67 bits per heavy atom. The van der Waals surface area contributed by atoms with Gasteiger partial charge in [-0.05, 0) is 67.4 Å². The molecule has 0 fully saturated rings. The van der Waals surface area contributed by atoms with Gasteiger partial charge in [0.25, 0.3) is 5.91 Å². The third kappa shape index (κ3) is 4.96. The minimum atomic E-state index is -0.357. The fraction of sp³-hybridized carbons (Fsp3) is 0.107. The quantitative estimate of drug-likeness (QED) is 0.243. The first-order chi connectivity index (χ1) is 17.4. The van der Waals surface area contributed by atoms with E-state index in [2.05, 4.69) is 26.2 Å². The second-order valence-electron chi connectivity index (χ2n) is 8.20. The molecule has 2 aromatic heterocycles. The summed E-state index contributed by atoms with van der Waals surface area (Å²) in [5.74, 6) is 0.312. The average Bonchev–Trinajstić information content (AvgIpc) is 3.34. The lowest BCUT2D eigenvalue weighted by Crippen LogP contribution is -2.21. The maximum absolute atomic E-state index is 13.5. The molecule has 0 radical (unpaired) electrons. The number of rotatable bonds is 5. The van der Waals surface area contributed by atoms with Crippen LogP contribution in [0.5, 0.6) is 5.75 Å². The molecular weight excluding hydrogens is 538 g/mol. The topological polar surface area (TPSA) is 76.7 Å². The number of nitrogens with one attached hydrogen (secondary N) is 1. The molecule has 6 nitrogen and oxygen atoms in total. The van der Waals surface area contributed by atoms with Gasteiger partial charge >= 0.3 is 0 Å². The first-order valence-electron chi connectivity index (χ1n) is 11.2. The van der Waals surface area contributed by atoms with Crippen molar-refractivity contribution < 1.29 is 13.9 Å². The molecule has 0 aliphatic carbocycles. The Morgan fingerprint density at radius 2 is 1.89 bits per heavy atom. The molecule has 0 atom stereocenters. The van der Waals surface area contributed by atoms with Gasteiger partial charge < -0.3 is 9.15 Å². The minimum Gasteiger partial charge on any atom is -0.497 e. The van der Waals surface area contributed by atoms with Gasteiger partial charge in [0, 0.05) is 20.8 Å². The van der Waals surface area contributed by atoms with Crippen molar-refractivity contribution >= 4 is 55.0 Å². The second-order valence-corrected chi connectivity index (χ2v) is 9.97. The van der Waals surface area contributed by atoms with Gasteiger partial charge in [-0.25, -0.2) is 9.98 Å². The summed E-state index contributed by atoms with van der Waals surface area (Å²) >= 11 is 4.81. The van der Waals surface area contributed by atoms with Gasteiger partial charge in [-0.15, -0.1) is 11.3 Å². The smallest absolute Gasteiger partial charge is 0.262 e. The zero-order valence-corrected chi connectivity index (χ0v) is 22.2. The lowest BCUT2D eigenvalue weighted by Gasteiger charge is -2.08. The molecule has 8 heteroatoms. The lowest BCUT2D eigenvalue weighted by molar-refractivity contribution is 0.102. The van der Waals surface area contributed by atoms with E-state index in [0.717, 1.165) is 37.9 Å². The van der Waals surface area contributed by atoms with E-state index in [1.165, 1.54) is 11.3 Å². The predicted molar refractivity (Wildman–Crippen MR) is 147 cm³/mol. The van der Waals surface area contributed by atoms with E-state index >= 15 is 0 Å². The normalized spacial score (nSPS) is 11.6. The highest BCUT2D eigenvalue weighted by Gasteiger charge is 2.16. The van der Waals surface area contributed by atoms with E-state index in [1.807, 2.05) is 79.9 Å². The third-order valence-electron chi connectivity index (χ3n) is 5.86. The Balaban J connectivity index is 1.57. The van der Waals surface area contributed by atoms with Crippen LogP contribution in [0.25, 0.3) is 22.2 Å². The Bertz CT molecular complexity index is 1660. The molecule has 1 amide bonds. The summed E-state index contributed by atoms with van der Waals surface area (Å²) in [5.41, 5.74) is 5.75. The van der Waals surface area contributed by atoms with Crippen molar-refractivity contribution in [2.45, 2.75) is 13.8 Å². The highest BCUT2D eigenvalue weighted by Crippen LogP contribution is 2.27. The fourth-order valence-electron chi connectivity index (χ4n) is 3.70. The largest absolute Gasteiger partial charge is 0.497 e. The SMILES string of the molecule is COc1ccc2oc(=Nc3cccc(C)c3C)c(C(=O)Nc3nc(-c4ccc(Br)cc4)cs3)cc2c1. The molecule has 3 aromatic carbocycles. The zero-order chi connectivity index (χ0) is 25.2. The molecule has 36 heavy (non-hydrogen) atoms. The van der Waals surface area contributed by atoms with E-state index in [0.29, 0.717) is 22.0 Å². The molecule has 0 saturated carbocycles. The van der Waals surface area contributed by atoms with Crippen LogP contribution in [-0.2, 0) is 0 Å². The number of ether oxygens (including phenoxy) is 1. The van der Waals surface area contributed by atoms with Gasteiger partial charge in [0.1, 0.15) is 16.9 Å². The minimum absolute atomic E-state index is 0.226. The van der Waals surface area contributed by atoms with Crippen LogP contribution in [0.2, 0.25) is 0 Å². The highest BCUT2D eigenvalue weighted by atomic mass is 79.9. The number of hydrogen-bond donors (Lipinski definition) is 1. The molecule has 0 unspecified atom stereocenters. The number of thiazole rings is 1. The van der Waals surface area contributed by atoms with Crippen LogP contribution in [0.15, 0.2) is 86.0 Å². The molecule has 180 valence electrons. The number of hydrogen-bond acceptors (Lipinski definition) is 6. The molecule has 5 rings (SSSR count). The summed E-state index contributed by atoms with van der Waals surface area (Å²) < 4.78 is 12.5. The number of nitrogens with zero attached hydrogens (tertiary/aromatic N) is 2. The van der Waals surface area contributed by atoms with Crippen molar-refractivity contribution in [2.75, 3.05) is 12.4 Å². The van der Waals surface area contributed by atoms with Crippen molar-refractivity contribution in [3.05, 3.63) is 98.8 Å². The Morgan fingerprint density at radius 1 is 1.08 bits per heavy atom. The van der Waals surface area contributed by atoms with E-state index < -0.39 is 0 Å². The number of aryl methyl sites for hydroxylation is 1. The van der Waals surface area contributed by atoms with Crippen LogP contribution >= 0.6 is 27.3 Å². The molecule has 0 spiro atoms. The molecule has 0 saturated heterocycles. The van der Waals surface area contributed by atoms with Gasteiger partial charge in [0.2, 0.25) is 5.55 Å². The zero-order valence-electron chi connectivity index (χ0n) is 19.8. The van der Waals surface area contributed by atoms with Crippen molar-refractivity contribution in [2.24, 2.45) is 4.99 Å². The summed E-state index contributed by atoms with van der Waals surface area (Å²) in [7, 11) is 1.60. The van der Waals surface area contributed by atoms with E-state index in [1.54, 1.807) is 13.2 Å². The molecule has 1 N–H and O–H groups in total. The van der Waals surface area contributed by atoms with E-state index in [-0.39, 0.29) is 11.5 Å². The Labute approximate surface area is 220 Å². The van der Waals surface area contributed by atoms with Crippen molar-refractivity contribution in [1.29, 1.82) is 0 Å². The van der Waals surface area contributed by atoms with Gasteiger partial charge in [0.05, 0.1) is 18.5 Å². The average molecular weight is 560 g/mol. The molecule has 0 bridgehead atoms. The summed E-state index contributed by atoms with van der Waals surface area (Å²) in [5, 5.41) is 6.04. The maximum atomic E-state index is 13.5. The van der Waals surface area contributed by atoms with Gasteiger partial charge in [-0.2, -0.15) is 0 Å². The molecule has 0 aliphatic rings. The number of carbonyl (C=O) groups excluding carboxylic acids is 1. The summed E-state index contributed by atoms with van der Waals surface area (Å²) in [6.07, 6.45) is 0. The van der Waals surface area contributed by atoms with Crippen LogP contribution in [-0.4, -0.2) is 18.0 Å². The van der Waals surface area contributed by atoms with Crippen LogP contribution in [0.3, 0.4) is 0 Å². The first-order valence-corrected chi connectivity index (χ1v) is 12.8. The van der Waals surface area contributed by atoms with E-state index in [9.17, 15) is 4.79 Å². The fourth-order valence-corrected chi connectivity index (χ4v) is 4.68. The van der Waals surface area contributed by atoms with E-state index in [4.69, 9.17) is 14.1 Å². The number of fused-ring (bicyclic) bond motifs is 1. The lowest BCUT2D eigenvalue weighted by atomic mass is 10.1. The number of carbonyl (C=O) groups is 1. The Hall–Kier alpha value is -3.75.